The quantitative estimate of drug-likeness (QED) is 0.709. The second-order valence-corrected chi connectivity index (χ2v) is 7.90. The topological polar surface area (TPSA) is 78.7 Å². The molecule has 3 heterocycles. The van der Waals surface area contributed by atoms with Crippen molar-refractivity contribution in [2.75, 3.05) is 32.8 Å². The third kappa shape index (κ3) is 5.57. The lowest BCUT2D eigenvalue weighted by Crippen LogP contribution is -2.55. The van der Waals surface area contributed by atoms with Crippen LogP contribution in [0.5, 0.6) is 5.75 Å². The summed E-state index contributed by atoms with van der Waals surface area (Å²) in [6.07, 6.45) is 3.23. The number of amides is 1. The number of hydrogen-bond donors (Lipinski definition) is 0. The average molecular weight is 424 g/mol. The van der Waals surface area contributed by atoms with Crippen molar-refractivity contribution < 1.29 is 18.7 Å². The molecule has 2 aromatic rings. The summed E-state index contributed by atoms with van der Waals surface area (Å²) in [6.45, 7) is 3.30. The van der Waals surface area contributed by atoms with E-state index >= 15 is 0 Å². The fourth-order valence-corrected chi connectivity index (χ4v) is 4.07. The highest BCUT2D eigenvalue weighted by Gasteiger charge is 2.33. The molecule has 1 aromatic heterocycles. The van der Waals surface area contributed by atoms with Crippen molar-refractivity contribution in [3.05, 3.63) is 59.7 Å². The number of likely N-dealkylation sites (tertiary alicyclic amines) is 1. The van der Waals surface area contributed by atoms with E-state index < -0.39 is 0 Å². The van der Waals surface area contributed by atoms with E-state index in [1.54, 1.807) is 24.4 Å². The summed E-state index contributed by atoms with van der Waals surface area (Å²) < 4.78 is 24.4. The van der Waals surface area contributed by atoms with E-state index in [1.165, 1.54) is 12.1 Å². The third-order valence-electron chi connectivity index (χ3n) is 5.74. The number of benzene rings is 1. The molecule has 0 aliphatic carbocycles. The van der Waals surface area contributed by atoms with Gasteiger partial charge in [0.15, 0.2) is 0 Å². The van der Waals surface area contributed by atoms with Gasteiger partial charge in [-0.05, 0) is 49.2 Å². The van der Waals surface area contributed by atoms with Crippen LogP contribution < -0.4 is 4.74 Å². The van der Waals surface area contributed by atoms with Crippen molar-refractivity contribution >= 4 is 5.91 Å². The summed E-state index contributed by atoms with van der Waals surface area (Å²) in [5, 5.41) is 9.04. The summed E-state index contributed by atoms with van der Waals surface area (Å²) in [5.74, 6) is 0.286. The van der Waals surface area contributed by atoms with Gasteiger partial charge in [0, 0.05) is 31.9 Å². The fourth-order valence-electron chi connectivity index (χ4n) is 4.07. The molecule has 1 amide bonds. The Kier molecular flexibility index (Phi) is 6.75. The molecule has 1 aromatic carbocycles. The molecular formula is C23H25FN4O3. The molecule has 2 fully saturated rings. The number of rotatable bonds is 6. The van der Waals surface area contributed by atoms with Crippen molar-refractivity contribution in [2.45, 2.75) is 31.5 Å². The standard InChI is InChI=1S/C23H25FN4O3/c24-18-1-3-21(4-2-18)30-15-22-14-28(23(29)16-31-22)20-6-9-27(10-7-20)13-19-11-17(12-25)5-8-26-19/h1-5,8,11,20,22H,6-7,9-10,13-16H2/t22-/m0/s1. The maximum atomic E-state index is 13.0. The number of ether oxygens (including phenoxy) is 2. The fraction of sp³-hybridized carbons (Fsp3) is 0.435. The lowest BCUT2D eigenvalue weighted by Gasteiger charge is -2.42. The first-order valence-electron chi connectivity index (χ1n) is 10.5. The number of hydrogen-bond acceptors (Lipinski definition) is 6. The molecule has 0 radical (unpaired) electrons. The average Bonchev–Trinajstić information content (AvgIpc) is 2.80. The molecule has 4 rings (SSSR count). The number of carbonyl (C=O) groups excluding carboxylic acids is 1. The number of nitriles is 1. The van der Waals surface area contributed by atoms with E-state index in [2.05, 4.69) is 16.0 Å². The monoisotopic (exact) mass is 424 g/mol. The van der Waals surface area contributed by atoms with Crippen LogP contribution in [0.3, 0.4) is 0 Å². The Balaban J connectivity index is 1.27. The SMILES string of the molecule is N#Cc1ccnc(CN2CCC(N3C[C@@H](COc4ccc(F)cc4)OCC3=O)CC2)c1. The highest BCUT2D eigenvalue weighted by molar-refractivity contribution is 5.78. The largest absolute Gasteiger partial charge is 0.491 e. The first kappa shape index (κ1) is 21.2. The van der Waals surface area contributed by atoms with Crippen molar-refractivity contribution in [2.24, 2.45) is 0 Å². The maximum absolute atomic E-state index is 13.0. The second kappa shape index (κ2) is 9.86. The van der Waals surface area contributed by atoms with Crippen molar-refractivity contribution in [3.63, 3.8) is 0 Å². The Morgan fingerprint density at radius 3 is 2.74 bits per heavy atom. The summed E-state index contributed by atoms with van der Waals surface area (Å²) in [5.41, 5.74) is 1.51. The molecule has 2 aliphatic rings. The van der Waals surface area contributed by atoms with Gasteiger partial charge in [-0.2, -0.15) is 5.26 Å². The van der Waals surface area contributed by atoms with Crippen LogP contribution in [0.4, 0.5) is 4.39 Å². The molecule has 2 aliphatic heterocycles. The van der Waals surface area contributed by atoms with E-state index in [-0.39, 0.29) is 30.5 Å². The van der Waals surface area contributed by atoms with E-state index in [0.29, 0.717) is 31.0 Å². The van der Waals surface area contributed by atoms with E-state index in [1.807, 2.05) is 11.0 Å². The van der Waals surface area contributed by atoms with Crippen LogP contribution in [0.15, 0.2) is 42.6 Å². The molecule has 2 saturated heterocycles. The molecule has 7 nitrogen and oxygen atoms in total. The minimum atomic E-state index is -0.307. The van der Waals surface area contributed by atoms with E-state index in [9.17, 15) is 9.18 Å². The lowest BCUT2D eigenvalue weighted by atomic mass is 10.0. The number of aromatic nitrogens is 1. The number of carbonyl (C=O) groups is 1. The highest BCUT2D eigenvalue weighted by Crippen LogP contribution is 2.22. The van der Waals surface area contributed by atoms with Gasteiger partial charge in [-0.1, -0.05) is 0 Å². The van der Waals surface area contributed by atoms with E-state index in [0.717, 1.165) is 31.6 Å². The van der Waals surface area contributed by atoms with Crippen molar-refractivity contribution in [1.29, 1.82) is 5.26 Å². The van der Waals surface area contributed by atoms with Gasteiger partial charge < -0.3 is 14.4 Å². The number of pyridine rings is 1. The minimum Gasteiger partial charge on any atom is -0.491 e. The Morgan fingerprint density at radius 1 is 1.23 bits per heavy atom. The predicted octanol–water partition coefficient (Wildman–Crippen LogP) is 2.36. The molecule has 8 heteroatoms. The van der Waals surface area contributed by atoms with Crippen LogP contribution in [0.1, 0.15) is 24.1 Å². The van der Waals surface area contributed by atoms with Gasteiger partial charge in [-0.25, -0.2) is 4.39 Å². The van der Waals surface area contributed by atoms with Crippen LogP contribution in [0, 0.1) is 17.1 Å². The Labute approximate surface area is 181 Å². The van der Waals surface area contributed by atoms with Gasteiger partial charge in [0.25, 0.3) is 0 Å². The molecule has 1 atom stereocenters. The molecule has 0 saturated carbocycles. The smallest absolute Gasteiger partial charge is 0.248 e. The van der Waals surface area contributed by atoms with Gasteiger partial charge in [-0.15, -0.1) is 0 Å². The minimum absolute atomic E-state index is 0.0138. The second-order valence-electron chi connectivity index (χ2n) is 7.90. The zero-order chi connectivity index (χ0) is 21.6. The highest BCUT2D eigenvalue weighted by atomic mass is 19.1. The predicted molar refractivity (Wildman–Crippen MR) is 111 cm³/mol. The molecule has 0 bridgehead atoms. The Bertz CT molecular complexity index is 939. The van der Waals surface area contributed by atoms with Crippen molar-refractivity contribution in [3.8, 4) is 11.8 Å². The number of halogens is 1. The lowest BCUT2D eigenvalue weighted by molar-refractivity contribution is -0.155. The normalized spacial score (nSPS) is 20.5. The third-order valence-corrected chi connectivity index (χ3v) is 5.74. The van der Waals surface area contributed by atoms with Gasteiger partial charge in [0.05, 0.1) is 23.9 Å². The van der Waals surface area contributed by atoms with Crippen LogP contribution in [-0.4, -0.2) is 65.7 Å². The molecule has 31 heavy (non-hydrogen) atoms. The Hall–Kier alpha value is -3.02. The summed E-state index contributed by atoms with van der Waals surface area (Å²) in [7, 11) is 0. The van der Waals surface area contributed by atoms with Crippen LogP contribution in [0.25, 0.3) is 0 Å². The summed E-state index contributed by atoms with van der Waals surface area (Å²) in [4.78, 5) is 21.0. The van der Waals surface area contributed by atoms with E-state index in [4.69, 9.17) is 14.7 Å². The molecule has 162 valence electrons. The van der Waals surface area contributed by atoms with Gasteiger partial charge in [-0.3, -0.25) is 14.7 Å². The number of nitrogens with zero attached hydrogens (tertiary/aromatic N) is 4. The molecule has 0 unspecified atom stereocenters. The number of morpholine rings is 1. The number of piperidine rings is 1. The van der Waals surface area contributed by atoms with Crippen LogP contribution in [-0.2, 0) is 16.1 Å². The van der Waals surface area contributed by atoms with Crippen LogP contribution >= 0.6 is 0 Å². The Morgan fingerprint density at radius 2 is 2.00 bits per heavy atom. The van der Waals surface area contributed by atoms with Gasteiger partial charge >= 0.3 is 0 Å². The van der Waals surface area contributed by atoms with Gasteiger partial charge in [0.1, 0.15) is 30.9 Å². The molecular weight excluding hydrogens is 399 g/mol. The summed E-state index contributed by atoms with van der Waals surface area (Å²) in [6, 6.07) is 11.7. The summed E-state index contributed by atoms with van der Waals surface area (Å²) >= 11 is 0. The maximum Gasteiger partial charge on any atom is 0.248 e. The van der Waals surface area contributed by atoms with Gasteiger partial charge in [0.2, 0.25) is 5.91 Å². The molecule has 0 spiro atoms. The van der Waals surface area contributed by atoms with Crippen molar-refractivity contribution in [1.82, 2.24) is 14.8 Å². The zero-order valence-corrected chi connectivity index (χ0v) is 17.2. The first-order chi connectivity index (χ1) is 15.1. The molecule has 0 N–H and O–H groups in total. The first-order valence-corrected chi connectivity index (χ1v) is 10.5. The van der Waals surface area contributed by atoms with Crippen LogP contribution in [0.2, 0.25) is 0 Å². The zero-order valence-electron chi connectivity index (χ0n) is 17.2.